The number of carbonyl (C=O) groups excluding carboxylic acids is 1. The zero-order valence-electron chi connectivity index (χ0n) is 10.1. The van der Waals surface area contributed by atoms with Crippen LogP contribution in [-0.2, 0) is 9.59 Å². The van der Waals surface area contributed by atoms with Crippen molar-refractivity contribution in [3.8, 4) is 0 Å². The quantitative estimate of drug-likeness (QED) is 0.771. The van der Waals surface area contributed by atoms with E-state index in [9.17, 15) is 9.59 Å². The molecule has 0 aromatic heterocycles. The monoisotopic (exact) mass is 225 g/mol. The SMILES string of the molecule is CC1CCCN1C(=O)C1C(C(=O)O)C1(C)C. The maximum Gasteiger partial charge on any atom is 0.307 e. The molecule has 1 heterocycles. The molecule has 16 heavy (non-hydrogen) atoms. The van der Waals surface area contributed by atoms with Gasteiger partial charge < -0.3 is 10.0 Å². The zero-order chi connectivity index (χ0) is 12.1. The van der Waals surface area contributed by atoms with Crippen molar-refractivity contribution in [3.05, 3.63) is 0 Å². The summed E-state index contributed by atoms with van der Waals surface area (Å²) < 4.78 is 0. The predicted molar refractivity (Wildman–Crippen MR) is 58.8 cm³/mol. The Balaban J connectivity index is 2.10. The third kappa shape index (κ3) is 1.51. The van der Waals surface area contributed by atoms with Crippen LogP contribution in [-0.4, -0.2) is 34.5 Å². The summed E-state index contributed by atoms with van der Waals surface area (Å²) >= 11 is 0. The molecule has 4 heteroatoms. The number of nitrogens with zero attached hydrogens (tertiary/aromatic N) is 1. The fourth-order valence-electron chi connectivity index (χ4n) is 3.00. The van der Waals surface area contributed by atoms with Gasteiger partial charge in [0.25, 0.3) is 0 Å². The highest BCUT2D eigenvalue weighted by atomic mass is 16.4. The van der Waals surface area contributed by atoms with Gasteiger partial charge in [-0.3, -0.25) is 9.59 Å². The molecule has 3 atom stereocenters. The van der Waals surface area contributed by atoms with Crippen LogP contribution in [0.1, 0.15) is 33.6 Å². The minimum atomic E-state index is -0.838. The van der Waals surface area contributed by atoms with E-state index >= 15 is 0 Å². The van der Waals surface area contributed by atoms with Crippen molar-refractivity contribution in [1.82, 2.24) is 4.90 Å². The third-order valence-electron chi connectivity index (χ3n) is 4.20. The second-order valence-corrected chi connectivity index (χ2v) is 5.64. The molecule has 0 bridgehead atoms. The van der Waals surface area contributed by atoms with Crippen molar-refractivity contribution >= 4 is 11.9 Å². The van der Waals surface area contributed by atoms with Crippen molar-refractivity contribution in [3.63, 3.8) is 0 Å². The molecule has 1 aliphatic heterocycles. The van der Waals surface area contributed by atoms with Crippen molar-refractivity contribution in [2.24, 2.45) is 17.3 Å². The van der Waals surface area contributed by atoms with Crippen LogP contribution in [0, 0.1) is 17.3 Å². The summed E-state index contributed by atoms with van der Waals surface area (Å²) in [6, 6.07) is 0.276. The highest BCUT2D eigenvalue weighted by molar-refractivity contribution is 5.91. The molecule has 0 aromatic carbocycles. The van der Waals surface area contributed by atoms with Crippen LogP contribution >= 0.6 is 0 Å². The Kier molecular flexibility index (Phi) is 2.48. The standard InChI is InChI=1S/C12H19NO3/c1-7-5-4-6-13(7)10(14)8-9(11(15)16)12(8,2)3/h7-9H,4-6H2,1-3H3,(H,15,16). The molecule has 1 aliphatic carbocycles. The minimum absolute atomic E-state index is 0.0439. The fraction of sp³-hybridized carbons (Fsp3) is 0.833. The predicted octanol–water partition coefficient (Wildman–Crippen LogP) is 1.35. The molecule has 4 nitrogen and oxygen atoms in total. The number of carboxylic acid groups (broad SMARTS) is 1. The Morgan fingerprint density at radius 2 is 1.94 bits per heavy atom. The molecular weight excluding hydrogens is 206 g/mol. The fourth-order valence-corrected chi connectivity index (χ4v) is 3.00. The molecule has 1 amide bonds. The first-order chi connectivity index (χ1) is 7.37. The third-order valence-corrected chi connectivity index (χ3v) is 4.20. The van der Waals surface area contributed by atoms with Gasteiger partial charge in [0.2, 0.25) is 5.91 Å². The van der Waals surface area contributed by atoms with Crippen LogP contribution in [0.2, 0.25) is 0 Å². The smallest absolute Gasteiger partial charge is 0.307 e. The molecule has 0 radical (unpaired) electrons. The normalized spacial score (nSPS) is 36.2. The number of hydrogen-bond acceptors (Lipinski definition) is 2. The first-order valence-corrected chi connectivity index (χ1v) is 5.90. The van der Waals surface area contributed by atoms with Crippen molar-refractivity contribution in [2.75, 3.05) is 6.54 Å². The van der Waals surface area contributed by atoms with E-state index in [1.807, 2.05) is 25.7 Å². The van der Waals surface area contributed by atoms with E-state index < -0.39 is 11.9 Å². The first-order valence-electron chi connectivity index (χ1n) is 5.90. The number of carbonyl (C=O) groups is 2. The van der Waals surface area contributed by atoms with E-state index in [1.165, 1.54) is 0 Å². The van der Waals surface area contributed by atoms with Gasteiger partial charge >= 0.3 is 5.97 Å². The van der Waals surface area contributed by atoms with E-state index in [0.29, 0.717) is 0 Å². The molecular formula is C12H19NO3. The molecule has 1 N–H and O–H groups in total. The number of aliphatic carboxylic acids is 1. The lowest BCUT2D eigenvalue weighted by Crippen LogP contribution is -2.36. The highest BCUT2D eigenvalue weighted by Crippen LogP contribution is 2.59. The molecule has 0 aromatic rings. The lowest BCUT2D eigenvalue weighted by atomic mass is 10.1. The van der Waals surface area contributed by atoms with Gasteiger partial charge in [-0.05, 0) is 25.2 Å². The summed E-state index contributed by atoms with van der Waals surface area (Å²) in [6.45, 7) is 6.57. The minimum Gasteiger partial charge on any atom is -0.481 e. The van der Waals surface area contributed by atoms with Crippen LogP contribution < -0.4 is 0 Å². The maximum absolute atomic E-state index is 12.2. The van der Waals surface area contributed by atoms with E-state index in [0.717, 1.165) is 19.4 Å². The van der Waals surface area contributed by atoms with E-state index in [1.54, 1.807) is 0 Å². The lowest BCUT2D eigenvalue weighted by Gasteiger charge is -2.22. The van der Waals surface area contributed by atoms with Crippen LogP contribution in [0.15, 0.2) is 0 Å². The molecule has 1 saturated heterocycles. The van der Waals surface area contributed by atoms with E-state index in [2.05, 4.69) is 0 Å². The van der Waals surface area contributed by atoms with Crippen LogP contribution in [0.5, 0.6) is 0 Å². The number of carboxylic acids is 1. The summed E-state index contributed by atoms with van der Waals surface area (Å²) in [4.78, 5) is 25.1. The molecule has 2 rings (SSSR count). The number of rotatable bonds is 2. The second-order valence-electron chi connectivity index (χ2n) is 5.64. The summed E-state index contributed by atoms with van der Waals surface area (Å²) in [6.07, 6.45) is 2.08. The molecule has 2 fully saturated rings. The van der Waals surface area contributed by atoms with Gasteiger partial charge in [-0.25, -0.2) is 0 Å². The molecule has 90 valence electrons. The van der Waals surface area contributed by atoms with Crippen LogP contribution in [0.4, 0.5) is 0 Å². The maximum atomic E-state index is 12.2. The van der Waals surface area contributed by atoms with Gasteiger partial charge in [0, 0.05) is 12.6 Å². The molecule has 1 saturated carbocycles. The van der Waals surface area contributed by atoms with Crippen LogP contribution in [0.25, 0.3) is 0 Å². The van der Waals surface area contributed by atoms with Gasteiger partial charge in [-0.1, -0.05) is 13.8 Å². The average Bonchev–Trinajstić information content (AvgIpc) is 2.53. The Labute approximate surface area is 95.6 Å². The Hall–Kier alpha value is -1.06. The largest absolute Gasteiger partial charge is 0.481 e. The number of hydrogen-bond donors (Lipinski definition) is 1. The van der Waals surface area contributed by atoms with Gasteiger partial charge in [0.1, 0.15) is 0 Å². The zero-order valence-corrected chi connectivity index (χ0v) is 10.1. The Morgan fingerprint density at radius 3 is 2.31 bits per heavy atom. The summed E-state index contributed by atoms with van der Waals surface area (Å²) in [7, 11) is 0. The molecule has 0 spiro atoms. The lowest BCUT2D eigenvalue weighted by molar-refractivity contribution is -0.142. The van der Waals surface area contributed by atoms with E-state index in [4.69, 9.17) is 5.11 Å². The van der Waals surface area contributed by atoms with Crippen molar-refractivity contribution in [1.29, 1.82) is 0 Å². The van der Waals surface area contributed by atoms with Gasteiger partial charge in [0.15, 0.2) is 0 Å². The van der Waals surface area contributed by atoms with Gasteiger partial charge in [-0.15, -0.1) is 0 Å². The summed E-state index contributed by atoms with van der Waals surface area (Å²) in [5.74, 6) is -1.60. The Morgan fingerprint density at radius 1 is 1.31 bits per heavy atom. The number of likely N-dealkylation sites (tertiary alicyclic amines) is 1. The topological polar surface area (TPSA) is 57.6 Å². The first kappa shape index (κ1) is 11.4. The van der Waals surface area contributed by atoms with Gasteiger partial charge in [0.05, 0.1) is 11.8 Å². The Bertz CT molecular complexity index is 337. The van der Waals surface area contributed by atoms with Crippen molar-refractivity contribution < 1.29 is 14.7 Å². The van der Waals surface area contributed by atoms with E-state index in [-0.39, 0.29) is 23.3 Å². The molecule has 3 unspecified atom stereocenters. The van der Waals surface area contributed by atoms with Crippen molar-refractivity contribution in [2.45, 2.75) is 39.7 Å². The average molecular weight is 225 g/mol. The van der Waals surface area contributed by atoms with Crippen LogP contribution in [0.3, 0.4) is 0 Å². The second kappa shape index (κ2) is 3.47. The van der Waals surface area contributed by atoms with Gasteiger partial charge in [-0.2, -0.15) is 0 Å². The summed E-state index contributed by atoms with van der Waals surface area (Å²) in [5.41, 5.74) is -0.370. The highest BCUT2D eigenvalue weighted by Gasteiger charge is 2.66. The summed E-state index contributed by atoms with van der Waals surface area (Å²) in [5, 5.41) is 9.05. The molecule has 2 aliphatic rings. The number of amides is 1.